The van der Waals surface area contributed by atoms with Crippen molar-refractivity contribution in [2.75, 3.05) is 19.5 Å². The van der Waals surface area contributed by atoms with Crippen LogP contribution in [0.2, 0.25) is 0 Å². The van der Waals surface area contributed by atoms with E-state index in [9.17, 15) is 8.42 Å². The van der Waals surface area contributed by atoms with E-state index in [0.29, 0.717) is 11.5 Å². The number of sulfone groups is 1. The molecular weight excluding hydrogens is 304 g/mol. The monoisotopic (exact) mass is 320 g/mol. The first kappa shape index (κ1) is 14.7. The van der Waals surface area contributed by atoms with Crippen LogP contribution in [-0.4, -0.2) is 32.7 Å². The molecule has 0 spiro atoms. The highest BCUT2D eigenvalue weighted by atomic mass is 79.9. The normalized spacial score (nSPS) is 13.6. The van der Waals surface area contributed by atoms with E-state index < -0.39 is 9.84 Å². The summed E-state index contributed by atoms with van der Waals surface area (Å²) in [6.07, 6.45) is 0.820. The van der Waals surface area contributed by atoms with Crippen LogP contribution < -0.4 is 0 Å². The summed E-state index contributed by atoms with van der Waals surface area (Å²) in [6, 6.07) is 7.04. The lowest BCUT2D eigenvalue weighted by Gasteiger charge is -2.09. The summed E-state index contributed by atoms with van der Waals surface area (Å²) in [5.74, 6) is 0.136. The molecule has 0 amide bonds. The molecule has 0 aromatic heterocycles. The van der Waals surface area contributed by atoms with Crippen molar-refractivity contribution in [3.8, 4) is 0 Å². The van der Waals surface area contributed by atoms with Gasteiger partial charge in [-0.05, 0) is 24.1 Å². The molecule has 1 rings (SSSR count). The van der Waals surface area contributed by atoms with E-state index in [4.69, 9.17) is 4.74 Å². The molecule has 0 bridgehead atoms. The van der Waals surface area contributed by atoms with Crippen molar-refractivity contribution in [2.45, 2.75) is 23.1 Å². The van der Waals surface area contributed by atoms with E-state index in [1.54, 1.807) is 26.2 Å². The Kier molecular flexibility index (Phi) is 5.62. The lowest BCUT2D eigenvalue weighted by molar-refractivity contribution is 0.200. The molecule has 0 saturated heterocycles. The van der Waals surface area contributed by atoms with Gasteiger partial charge < -0.3 is 4.74 Å². The summed E-state index contributed by atoms with van der Waals surface area (Å²) < 4.78 is 28.2. The van der Waals surface area contributed by atoms with Gasteiger partial charge in [-0.15, -0.1) is 0 Å². The summed E-state index contributed by atoms with van der Waals surface area (Å²) in [5, 5.41) is 0. The smallest absolute Gasteiger partial charge is 0.178 e. The maximum absolute atomic E-state index is 11.6. The summed E-state index contributed by atoms with van der Waals surface area (Å²) in [4.78, 5) is 0.641. The van der Waals surface area contributed by atoms with E-state index in [1.807, 2.05) is 12.1 Å². The minimum atomic E-state index is -3.09. The number of hydrogen-bond acceptors (Lipinski definition) is 3. The zero-order chi connectivity index (χ0) is 12.9. The van der Waals surface area contributed by atoms with Gasteiger partial charge in [-0.3, -0.25) is 0 Å². The summed E-state index contributed by atoms with van der Waals surface area (Å²) in [5.41, 5.74) is 1.10. The average molecular weight is 321 g/mol. The standard InChI is InChI=1S/C12H17BrO3S/c1-3-17(14,15)12-6-4-10(5-7-12)8-11(13)9-16-2/h4-7,11H,3,8-9H2,1-2H3. The molecule has 1 unspecified atom stereocenters. The molecule has 5 heteroatoms. The van der Waals surface area contributed by atoms with Crippen molar-refractivity contribution in [2.24, 2.45) is 0 Å². The first-order chi connectivity index (χ1) is 7.99. The lowest BCUT2D eigenvalue weighted by atomic mass is 10.1. The molecule has 3 nitrogen and oxygen atoms in total. The van der Waals surface area contributed by atoms with Crippen LogP contribution in [-0.2, 0) is 21.0 Å². The molecule has 0 aliphatic rings. The minimum absolute atomic E-state index is 0.136. The van der Waals surface area contributed by atoms with Crippen LogP contribution in [0.25, 0.3) is 0 Å². The topological polar surface area (TPSA) is 43.4 Å². The fourth-order valence-electron chi connectivity index (χ4n) is 1.50. The number of rotatable bonds is 6. The van der Waals surface area contributed by atoms with Crippen LogP contribution in [0.4, 0.5) is 0 Å². The van der Waals surface area contributed by atoms with Gasteiger partial charge in [0.2, 0.25) is 0 Å². The molecule has 1 atom stereocenters. The highest BCUT2D eigenvalue weighted by Crippen LogP contribution is 2.15. The Hall–Kier alpha value is -0.390. The summed E-state index contributed by atoms with van der Waals surface area (Å²) >= 11 is 3.50. The molecule has 1 aromatic carbocycles. The molecule has 17 heavy (non-hydrogen) atoms. The molecule has 0 aliphatic heterocycles. The number of halogens is 1. The van der Waals surface area contributed by atoms with Gasteiger partial charge in [0.15, 0.2) is 9.84 Å². The molecule has 0 N–H and O–H groups in total. The quantitative estimate of drug-likeness (QED) is 0.756. The van der Waals surface area contributed by atoms with Crippen molar-refractivity contribution in [1.29, 1.82) is 0 Å². The summed E-state index contributed by atoms with van der Waals surface area (Å²) in [7, 11) is -1.43. The minimum Gasteiger partial charge on any atom is -0.384 e. The van der Waals surface area contributed by atoms with Crippen LogP contribution in [0, 0.1) is 0 Å². The fourth-order valence-corrected chi connectivity index (χ4v) is 3.02. The van der Waals surface area contributed by atoms with Crippen LogP contribution >= 0.6 is 15.9 Å². The van der Waals surface area contributed by atoms with Gasteiger partial charge in [0, 0.05) is 11.9 Å². The van der Waals surface area contributed by atoms with Crippen molar-refractivity contribution in [3.63, 3.8) is 0 Å². The number of benzene rings is 1. The molecular formula is C12H17BrO3S. The number of ether oxygens (including phenoxy) is 1. The Morgan fingerprint density at radius 3 is 2.35 bits per heavy atom. The maximum Gasteiger partial charge on any atom is 0.178 e. The zero-order valence-corrected chi connectivity index (χ0v) is 12.4. The molecule has 0 heterocycles. The largest absolute Gasteiger partial charge is 0.384 e. The fraction of sp³-hybridized carbons (Fsp3) is 0.500. The second kappa shape index (κ2) is 6.52. The third-order valence-corrected chi connectivity index (χ3v) is 4.81. The van der Waals surface area contributed by atoms with Gasteiger partial charge in [0.05, 0.1) is 17.3 Å². The van der Waals surface area contributed by atoms with E-state index in [0.717, 1.165) is 12.0 Å². The highest BCUT2D eigenvalue weighted by molar-refractivity contribution is 9.09. The molecule has 96 valence electrons. The molecule has 0 fully saturated rings. The second-order valence-corrected chi connectivity index (χ2v) is 7.38. The van der Waals surface area contributed by atoms with Gasteiger partial charge >= 0.3 is 0 Å². The van der Waals surface area contributed by atoms with E-state index in [1.165, 1.54) is 0 Å². The molecule has 0 radical (unpaired) electrons. The first-order valence-electron chi connectivity index (χ1n) is 5.44. The highest BCUT2D eigenvalue weighted by Gasteiger charge is 2.11. The second-order valence-electron chi connectivity index (χ2n) is 3.80. The van der Waals surface area contributed by atoms with Crippen LogP contribution in [0.15, 0.2) is 29.2 Å². The van der Waals surface area contributed by atoms with Crippen LogP contribution in [0.5, 0.6) is 0 Å². The number of alkyl halides is 1. The van der Waals surface area contributed by atoms with Gasteiger partial charge in [-0.1, -0.05) is 35.0 Å². The Balaban J connectivity index is 2.75. The number of hydrogen-bond donors (Lipinski definition) is 0. The first-order valence-corrected chi connectivity index (χ1v) is 8.01. The third-order valence-electron chi connectivity index (χ3n) is 2.47. The predicted octanol–water partition coefficient (Wildman–Crippen LogP) is 2.43. The van der Waals surface area contributed by atoms with E-state index in [2.05, 4.69) is 15.9 Å². The molecule has 1 aromatic rings. The maximum atomic E-state index is 11.6. The Morgan fingerprint density at radius 2 is 1.88 bits per heavy atom. The third kappa shape index (κ3) is 4.41. The number of methoxy groups -OCH3 is 1. The van der Waals surface area contributed by atoms with E-state index >= 15 is 0 Å². The van der Waals surface area contributed by atoms with E-state index in [-0.39, 0.29) is 10.6 Å². The van der Waals surface area contributed by atoms with Crippen LogP contribution in [0.3, 0.4) is 0 Å². The van der Waals surface area contributed by atoms with Gasteiger partial charge in [-0.25, -0.2) is 8.42 Å². The SMILES string of the molecule is CCS(=O)(=O)c1ccc(CC(Br)COC)cc1. The van der Waals surface area contributed by atoms with Gasteiger partial charge in [0.1, 0.15) is 0 Å². The predicted molar refractivity (Wildman–Crippen MR) is 72.5 cm³/mol. The Labute approximate surface area is 111 Å². The molecule has 0 aliphatic carbocycles. The van der Waals surface area contributed by atoms with Crippen molar-refractivity contribution in [1.82, 2.24) is 0 Å². The van der Waals surface area contributed by atoms with Gasteiger partial charge in [0.25, 0.3) is 0 Å². The lowest BCUT2D eigenvalue weighted by Crippen LogP contribution is -2.10. The zero-order valence-electron chi connectivity index (χ0n) is 10.0. The Morgan fingerprint density at radius 1 is 1.29 bits per heavy atom. The average Bonchev–Trinajstić information content (AvgIpc) is 2.30. The molecule has 0 saturated carbocycles. The Bertz CT molecular complexity index is 439. The van der Waals surface area contributed by atoms with Crippen LogP contribution in [0.1, 0.15) is 12.5 Å². The van der Waals surface area contributed by atoms with Gasteiger partial charge in [-0.2, -0.15) is 0 Å². The van der Waals surface area contributed by atoms with Crippen molar-refractivity contribution < 1.29 is 13.2 Å². The van der Waals surface area contributed by atoms with Crippen molar-refractivity contribution in [3.05, 3.63) is 29.8 Å². The summed E-state index contributed by atoms with van der Waals surface area (Å²) in [6.45, 7) is 2.28. The van der Waals surface area contributed by atoms with Crippen molar-refractivity contribution >= 4 is 25.8 Å².